The number of hydrogen-bond donors (Lipinski definition) is 1. The van der Waals surface area contributed by atoms with E-state index in [4.69, 9.17) is 16.9 Å². The fourth-order valence-electron chi connectivity index (χ4n) is 1.92. The second-order valence-corrected chi connectivity index (χ2v) is 4.18. The summed E-state index contributed by atoms with van der Waals surface area (Å²) < 4.78 is 0. The summed E-state index contributed by atoms with van der Waals surface area (Å²) in [7, 11) is 0. The van der Waals surface area contributed by atoms with Crippen LogP contribution in [0, 0.1) is 11.3 Å². The molecule has 1 N–H and O–H groups in total. The van der Waals surface area contributed by atoms with E-state index < -0.39 is 0 Å². The van der Waals surface area contributed by atoms with E-state index >= 15 is 0 Å². The first-order valence-electron chi connectivity index (χ1n) is 5.42. The maximum Gasteiger partial charge on any atom is 0.101 e. The Bertz CT molecular complexity index is 522. The molecule has 0 atom stereocenters. The normalized spacial score (nSPS) is 10.5. The Kier molecular flexibility index (Phi) is 3.48. The third-order valence-electron chi connectivity index (χ3n) is 2.75. The number of nitrogens with one attached hydrogen (secondary N) is 1. The summed E-state index contributed by atoms with van der Waals surface area (Å²) >= 11 is 5.66. The number of rotatable bonds is 4. The molecule has 0 aliphatic rings. The highest BCUT2D eigenvalue weighted by molar-refractivity contribution is 6.17. The van der Waals surface area contributed by atoms with Crippen molar-refractivity contribution in [1.82, 2.24) is 4.98 Å². The first-order chi connectivity index (χ1) is 7.86. The Morgan fingerprint density at radius 1 is 1.31 bits per heavy atom. The number of unbranched alkanes of at least 4 members (excludes halogenated alkanes) is 1. The van der Waals surface area contributed by atoms with Gasteiger partial charge in [-0.15, -0.1) is 11.6 Å². The van der Waals surface area contributed by atoms with Gasteiger partial charge in [0, 0.05) is 17.5 Å². The van der Waals surface area contributed by atoms with Crippen molar-refractivity contribution in [2.45, 2.75) is 19.3 Å². The Balaban J connectivity index is 2.31. The molecule has 0 bridgehead atoms. The molecule has 0 aliphatic heterocycles. The van der Waals surface area contributed by atoms with Gasteiger partial charge in [-0.25, -0.2) is 0 Å². The molecule has 0 unspecified atom stereocenters. The van der Waals surface area contributed by atoms with E-state index in [1.54, 1.807) is 0 Å². The number of aromatic amines is 1. The van der Waals surface area contributed by atoms with E-state index in [9.17, 15) is 0 Å². The van der Waals surface area contributed by atoms with Crippen LogP contribution < -0.4 is 0 Å². The fraction of sp³-hybridized carbons (Fsp3) is 0.308. The Morgan fingerprint density at radius 2 is 2.19 bits per heavy atom. The van der Waals surface area contributed by atoms with Gasteiger partial charge in [0.15, 0.2) is 0 Å². The van der Waals surface area contributed by atoms with Crippen LogP contribution in [0.2, 0.25) is 0 Å². The first kappa shape index (κ1) is 11.0. The van der Waals surface area contributed by atoms with Gasteiger partial charge in [0.1, 0.15) is 6.07 Å². The minimum Gasteiger partial charge on any atom is -0.360 e. The van der Waals surface area contributed by atoms with E-state index in [0.29, 0.717) is 11.4 Å². The number of halogens is 1. The van der Waals surface area contributed by atoms with Gasteiger partial charge in [-0.2, -0.15) is 5.26 Å². The zero-order valence-corrected chi connectivity index (χ0v) is 9.72. The van der Waals surface area contributed by atoms with E-state index in [1.807, 2.05) is 18.3 Å². The number of nitriles is 1. The average Bonchev–Trinajstić information content (AvgIpc) is 2.73. The Labute approximate surface area is 99.8 Å². The Morgan fingerprint density at radius 3 is 2.94 bits per heavy atom. The largest absolute Gasteiger partial charge is 0.360 e. The summed E-state index contributed by atoms with van der Waals surface area (Å²) in [6.45, 7) is 0. The van der Waals surface area contributed by atoms with Crippen molar-refractivity contribution in [2.75, 3.05) is 5.88 Å². The van der Waals surface area contributed by atoms with Crippen LogP contribution in [-0.2, 0) is 6.42 Å². The summed E-state index contributed by atoms with van der Waals surface area (Å²) in [5, 5.41) is 10.1. The van der Waals surface area contributed by atoms with Crippen LogP contribution in [0.15, 0.2) is 24.4 Å². The summed E-state index contributed by atoms with van der Waals surface area (Å²) in [6.07, 6.45) is 5.14. The van der Waals surface area contributed by atoms with Gasteiger partial charge in [-0.1, -0.05) is 12.1 Å². The lowest BCUT2D eigenvalue weighted by atomic mass is 10.1. The molecular weight excluding hydrogens is 220 g/mol. The maximum absolute atomic E-state index is 8.97. The third kappa shape index (κ3) is 2.05. The Hall–Kier alpha value is -1.46. The highest BCUT2D eigenvalue weighted by Crippen LogP contribution is 2.22. The molecule has 3 heteroatoms. The standard InChI is InChI=1S/C13H13ClN2/c14-7-2-1-4-11-9-16-13-10(8-15)5-3-6-12(11)13/h3,5-6,9,16H,1-2,4,7H2. The molecule has 0 saturated heterocycles. The van der Waals surface area contributed by atoms with Crippen molar-refractivity contribution in [3.05, 3.63) is 35.5 Å². The lowest BCUT2D eigenvalue weighted by Crippen LogP contribution is -1.84. The van der Waals surface area contributed by atoms with Crippen molar-refractivity contribution in [3.63, 3.8) is 0 Å². The average molecular weight is 233 g/mol. The highest BCUT2D eigenvalue weighted by Gasteiger charge is 2.06. The molecule has 0 spiro atoms. The van der Waals surface area contributed by atoms with Crippen molar-refractivity contribution in [3.8, 4) is 6.07 Å². The first-order valence-corrected chi connectivity index (χ1v) is 5.95. The van der Waals surface area contributed by atoms with Gasteiger partial charge >= 0.3 is 0 Å². The molecule has 0 radical (unpaired) electrons. The molecule has 0 amide bonds. The number of fused-ring (bicyclic) bond motifs is 1. The number of benzene rings is 1. The predicted molar refractivity (Wildman–Crippen MR) is 66.7 cm³/mol. The molecule has 0 aliphatic carbocycles. The molecule has 2 aromatic rings. The van der Waals surface area contributed by atoms with Crippen LogP contribution in [-0.4, -0.2) is 10.9 Å². The molecule has 1 aromatic carbocycles. The lowest BCUT2D eigenvalue weighted by molar-refractivity contribution is 0.803. The van der Waals surface area contributed by atoms with E-state index in [2.05, 4.69) is 17.1 Å². The quantitative estimate of drug-likeness (QED) is 0.635. The van der Waals surface area contributed by atoms with Gasteiger partial charge in [0.25, 0.3) is 0 Å². The van der Waals surface area contributed by atoms with Gasteiger partial charge in [-0.3, -0.25) is 0 Å². The number of hydrogen-bond acceptors (Lipinski definition) is 1. The fourth-order valence-corrected chi connectivity index (χ4v) is 2.11. The van der Waals surface area contributed by atoms with Crippen LogP contribution in [0.25, 0.3) is 10.9 Å². The topological polar surface area (TPSA) is 39.6 Å². The van der Waals surface area contributed by atoms with Crippen molar-refractivity contribution >= 4 is 22.5 Å². The monoisotopic (exact) mass is 232 g/mol. The number of para-hydroxylation sites is 1. The van der Waals surface area contributed by atoms with E-state index in [0.717, 1.165) is 30.2 Å². The van der Waals surface area contributed by atoms with Crippen LogP contribution in [0.5, 0.6) is 0 Å². The number of aryl methyl sites for hydroxylation is 1. The van der Waals surface area contributed by atoms with Crippen molar-refractivity contribution in [1.29, 1.82) is 5.26 Å². The second-order valence-electron chi connectivity index (χ2n) is 3.80. The van der Waals surface area contributed by atoms with Gasteiger partial charge in [0.05, 0.1) is 11.1 Å². The van der Waals surface area contributed by atoms with E-state index in [-0.39, 0.29) is 0 Å². The smallest absolute Gasteiger partial charge is 0.101 e. The van der Waals surface area contributed by atoms with Crippen LogP contribution in [0.4, 0.5) is 0 Å². The SMILES string of the molecule is N#Cc1cccc2c(CCCCCl)c[nH]c12. The molecular formula is C13H13ClN2. The van der Waals surface area contributed by atoms with Crippen LogP contribution in [0.3, 0.4) is 0 Å². The molecule has 1 aromatic heterocycles. The zero-order valence-electron chi connectivity index (χ0n) is 8.96. The summed E-state index contributed by atoms with van der Waals surface area (Å²) in [4.78, 5) is 3.18. The van der Waals surface area contributed by atoms with Gasteiger partial charge in [-0.05, 0) is 30.9 Å². The molecule has 1 heterocycles. The van der Waals surface area contributed by atoms with Crippen molar-refractivity contribution < 1.29 is 0 Å². The summed E-state index contributed by atoms with van der Waals surface area (Å²) in [6, 6.07) is 8.02. The third-order valence-corrected chi connectivity index (χ3v) is 3.02. The lowest BCUT2D eigenvalue weighted by Gasteiger charge is -1.98. The van der Waals surface area contributed by atoms with E-state index in [1.165, 1.54) is 5.56 Å². The highest BCUT2D eigenvalue weighted by atomic mass is 35.5. The minimum atomic E-state index is 0.709. The second kappa shape index (κ2) is 5.05. The number of alkyl halides is 1. The zero-order chi connectivity index (χ0) is 11.4. The molecule has 0 saturated carbocycles. The van der Waals surface area contributed by atoms with Gasteiger partial charge in [0.2, 0.25) is 0 Å². The molecule has 2 rings (SSSR count). The maximum atomic E-state index is 8.97. The molecule has 0 fully saturated rings. The molecule has 2 nitrogen and oxygen atoms in total. The van der Waals surface area contributed by atoms with Crippen LogP contribution in [0.1, 0.15) is 24.0 Å². The van der Waals surface area contributed by atoms with Crippen molar-refractivity contribution in [2.24, 2.45) is 0 Å². The minimum absolute atomic E-state index is 0.709. The summed E-state index contributed by atoms with van der Waals surface area (Å²) in [5.74, 6) is 0.714. The number of nitrogens with zero attached hydrogens (tertiary/aromatic N) is 1. The predicted octanol–water partition coefficient (Wildman–Crippen LogP) is 3.60. The summed E-state index contributed by atoms with van der Waals surface area (Å²) in [5.41, 5.74) is 2.93. The number of aromatic nitrogens is 1. The number of H-pyrrole nitrogens is 1. The van der Waals surface area contributed by atoms with Gasteiger partial charge < -0.3 is 4.98 Å². The van der Waals surface area contributed by atoms with Crippen LogP contribution >= 0.6 is 11.6 Å². The molecule has 82 valence electrons. The molecule has 16 heavy (non-hydrogen) atoms.